The smallest absolute Gasteiger partial charge is 0.229 e. The first kappa shape index (κ1) is 25.6. The zero-order valence-electron chi connectivity index (χ0n) is 18.5. The number of carbonyl (C=O) groups excluding carboxylic acids is 1. The topological polar surface area (TPSA) is 176 Å². The number of rotatable bonds is 7. The molecule has 186 valence electrons. The van der Waals surface area contributed by atoms with Gasteiger partial charge in [-0.25, -0.2) is 0 Å². The number of aliphatic hydroxyl groups excluding tert-OH is 5. The molecule has 1 amide bonds. The van der Waals surface area contributed by atoms with Gasteiger partial charge in [-0.2, -0.15) is 0 Å². The Morgan fingerprint density at radius 3 is 2.18 bits per heavy atom. The van der Waals surface area contributed by atoms with Gasteiger partial charge in [-0.1, -0.05) is 0 Å². The summed E-state index contributed by atoms with van der Waals surface area (Å²) in [6.07, 6.45) is -11.7. The number of hydrogen-bond acceptors (Lipinski definition) is 11. The van der Waals surface area contributed by atoms with Gasteiger partial charge in [-0.05, 0) is 31.2 Å². The normalized spacial score (nSPS) is 39.0. The molecule has 2 heterocycles. The van der Waals surface area contributed by atoms with E-state index in [1.54, 1.807) is 31.2 Å². The Morgan fingerprint density at radius 1 is 0.970 bits per heavy atom. The maximum atomic E-state index is 11.6. The van der Waals surface area contributed by atoms with Gasteiger partial charge in [-0.3, -0.25) is 4.79 Å². The summed E-state index contributed by atoms with van der Waals surface area (Å²) in [6.45, 7) is 2.17. The highest BCUT2D eigenvalue weighted by atomic mass is 16.7. The standard InChI is InChI=1S/C21H31NO11/c1-9-19(33-20-14(22-10(2)24)16(26)15(25)13(8-23)32-20)17(27)18(28)21(30-9)31-12-6-4-11(29-3)5-7-12/h4-7,9,13-21,23,25-28H,8H2,1-3H3,(H,22,24)/t9-,13+,14+,15-,16+,17-,18+,19-,20-,21-/m0/s1. The Balaban J connectivity index is 1.71. The molecule has 0 aliphatic carbocycles. The van der Waals surface area contributed by atoms with Crippen LogP contribution in [0.5, 0.6) is 11.5 Å². The van der Waals surface area contributed by atoms with Crippen LogP contribution in [0.3, 0.4) is 0 Å². The van der Waals surface area contributed by atoms with E-state index in [9.17, 15) is 30.3 Å². The summed E-state index contributed by atoms with van der Waals surface area (Å²) in [6, 6.07) is 5.35. The monoisotopic (exact) mass is 473 g/mol. The van der Waals surface area contributed by atoms with Gasteiger partial charge < -0.3 is 54.5 Å². The number of ether oxygens (including phenoxy) is 5. The molecule has 2 aliphatic heterocycles. The first-order valence-electron chi connectivity index (χ1n) is 10.5. The predicted molar refractivity (Wildman–Crippen MR) is 110 cm³/mol. The van der Waals surface area contributed by atoms with Crippen molar-refractivity contribution < 1.29 is 54.0 Å². The predicted octanol–water partition coefficient (Wildman–Crippen LogP) is -2.13. The van der Waals surface area contributed by atoms with Crippen LogP contribution in [0, 0.1) is 0 Å². The number of nitrogens with one attached hydrogen (secondary N) is 1. The summed E-state index contributed by atoms with van der Waals surface area (Å²) in [5.41, 5.74) is 0. The van der Waals surface area contributed by atoms with Crippen LogP contribution in [0.1, 0.15) is 13.8 Å². The molecule has 33 heavy (non-hydrogen) atoms. The number of amides is 1. The maximum absolute atomic E-state index is 11.6. The van der Waals surface area contributed by atoms with E-state index in [0.29, 0.717) is 11.5 Å². The maximum Gasteiger partial charge on any atom is 0.229 e. The van der Waals surface area contributed by atoms with Crippen molar-refractivity contribution >= 4 is 5.91 Å². The second-order valence-electron chi connectivity index (χ2n) is 8.02. The minimum Gasteiger partial charge on any atom is -0.497 e. The van der Waals surface area contributed by atoms with Crippen LogP contribution >= 0.6 is 0 Å². The van der Waals surface area contributed by atoms with Crippen molar-refractivity contribution in [3.8, 4) is 11.5 Å². The van der Waals surface area contributed by atoms with E-state index in [0.717, 1.165) is 0 Å². The summed E-state index contributed by atoms with van der Waals surface area (Å²) in [5, 5.41) is 53.7. The van der Waals surface area contributed by atoms with Crippen LogP contribution in [-0.4, -0.2) is 107 Å². The van der Waals surface area contributed by atoms with Crippen molar-refractivity contribution in [2.45, 2.75) is 75.2 Å². The second kappa shape index (κ2) is 10.9. The van der Waals surface area contributed by atoms with E-state index in [4.69, 9.17) is 23.7 Å². The Labute approximate surface area is 190 Å². The number of benzene rings is 1. The van der Waals surface area contributed by atoms with Crippen molar-refractivity contribution in [3.05, 3.63) is 24.3 Å². The molecule has 0 spiro atoms. The minimum absolute atomic E-state index is 0.378. The zero-order chi connectivity index (χ0) is 24.3. The van der Waals surface area contributed by atoms with Crippen molar-refractivity contribution in [2.75, 3.05) is 13.7 Å². The van der Waals surface area contributed by atoms with E-state index in [1.807, 2.05) is 0 Å². The molecule has 2 fully saturated rings. The molecule has 0 unspecified atom stereocenters. The molecule has 6 N–H and O–H groups in total. The number of aliphatic hydroxyl groups is 5. The second-order valence-corrected chi connectivity index (χ2v) is 8.02. The molecule has 2 saturated heterocycles. The van der Waals surface area contributed by atoms with Gasteiger partial charge in [0.2, 0.25) is 12.2 Å². The molecule has 1 aromatic rings. The third kappa shape index (κ3) is 5.73. The highest BCUT2D eigenvalue weighted by molar-refractivity contribution is 5.73. The lowest BCUT2D eigenvalue weighted by Crippen LogP contribution is -2.67. The van der Waals surface area contributed by atoms with Crippen molar-refractivity contribution in [2.24, 2.45) is 0 Å². The van der Waals surface area contributed by atoms with Crippen LogP contribution in [0.4, 0.5) is 0 Å². The van der Waals surface area contributed by atoms with Gasteiger partial charge >= 0.3 is 0 Å². The highest BCUT2D eigenvalue weighted by Crippen LogP contribution is 2.30. The third-order valence-corrected chi connectivity index (χ3v) is 5.63. The van der Waals surface area contributed by atoms with E-state index in [1.165, 1.54) is 14.0 Å². The number of carbonyl (C=O) groups is 1. The van der Waals surface area contributed by atoms with Gasteiger partial charge in [0.25, 0.3) is 0 Å². The van der Waals surface area contributed by atoms with Gasteiger partial charge in [-0.15, -0.1) is 0 Å². The van der Waals surface area contributed by atoms with E-state index in [2.05, 4.69) is 5.32 Å². The fourth-order valence-corrected chi connectivity index (χ4v) is 3.82. The van der Waals surface area contributed by atoms with Crippen molar-refractivity contribution in [1.82, 2.24) is 5.32 Å². The van der Waals surface area contributed by atoms with Crippen LogP contribution in [-0.2, 0) is 19.0 Å². The summed E-state index contributed by atoms with van der Waals surface area (Å²) >= 11 is 0. The SMILES string of the molecule is COc1ccc(O[C@@H]2O[C@@H](C)[C@H](O[C@@H]3O[C@H](CO)[C@H](O)[C@H](O)[C@H]3NC(C)=O)[C@@H](O)[C@H]2O)cc1. The molecule has 0 radical (unpaired) electrons. The number of methoxy groups -OCH3 is 1. The van der Waals surface area contributed by atoms with Gasteiger partial charge in [0.05, 0.1) is 19.8 Å². The van der Waals surface area contributed by atoms with E-state index in [-0.39, 0.29) is 0 Å². The lowest BCUT2D eigenvalue weighted by atomic mass is 9.95. The molecule has 10 atom stereocenters. The first-order valence-corrected chi connectivity index (χ1v) is 10.5. The van der Waals surface area contributed by atoms with E-state index < -0.39 is 73.9 Å². The molecule has 2 aliphatic rings. The summed E-state index contributed by atoms with van der Waals surface area (Å²) in [5.74, 6) is 0.472. The fourth-order valence-electron chi connectivity index (χ4n) is 3.82. The molecule has 0 aromatic heterocycles. The van der Waals surface area contributed by atoms with Crippen molar-refractivity contribution in [1.29, 1.82) is 0 Å². The molecular weight excluding hydrogens is 442 g/mol. The van der Waals surface area contributed by atoms with Crippen molar-refractivity contribution in [3.63, 3.8) is 0 Å². The molecule has 0 saturated carbocycles. The Hall–Kier alpha value is -2.03. The Kier molecular flexibility index (Phi) is 8.48. The molecule has 0 bridgehead atoms. The van der Waals surface area contributed by atoms with Crippen LogP contribution in [0.25, 0.3) is 0 Å². The molecule has 3 rings (SSSR count). The Morgan fingerprint density at radius 2 is 1.61 bits per heavy atom. The average molecular weight is 473 g/mol. The summed E-state index contributed by atoms with van der Waals surface area (Å²) in [7, 11) is 1.52. The summed E-state index contributed by atoms with van der Waals surface area (Å²) < 4.78 is 27.8. The summed E-state index contributed by atoms with van der Waals surface area (Å²) in [4.78, 5) is 11.6. The van der Waals surface area contributed by atoms with Crippen LogP contribution in [0.15, 0.2) is 24.3 Å². The average Bonchev–Trinajstić information content (AvgIpc) is 2.79. The largest absolute Gasteiger partial charge is 0.497 e. The Bertz CT molecular complexity index is 778. The highest BCUT2D eigenvalue weighted by Gasteiger charge is 2.50. The molecular formula is C21H31NO11. The quantitative estimate of drug-likeness (QED) is 0.255. The van der Waals surface area contributed by atoms with E-state index >= 15 is 0 Å². The molecule has 12 heteroatoms. The van der Waals surface area contributed by atoms with Gasteiger partial charge in [0.15, 0.2) is 6.29 Å². The minimum atomic E-state index is -1.52. The fraction of sp³-hybridized carbons (Fsp3) is 0.667. The number of hydrogen-bond donors (Lipinski definition) is 6. The van der Waals surface area contributed by atoms with Crippen LogP contribution in [0.2, 0.25) is 0 Å². The van der Waals surface area contributed by atoms with Gasteiger partial charge in [0.1, 0.15) is 54.2 Å². The lowest BCUT2D eigenvalue weighted by molar-refractivity contribution is -0.332. The molecule has 12 nitrogen and oxygen atoms in total. The lowest BCUT2D eigenvalue weighted by Gasteiger charge is -2.46. The first-order chi connectivity index (χ1) is 15.7. The third-order valence-electron chi connectivity index (χ3n) is 5.63. The van der Waals surface area contributed by atoms with Crippen LogP contribution < -0.4 is 14.8 Å². The molecule has 1 aromatic carbocycles. The van der Waals surface area contributed by atoms with Gasteiger partial charge in [0, 0.05) is 6.92 Å². The zero-order valence-corrected chi connectivity index (χ0v) is 18.5.